The molecular weight excluding hydrogens is 308 g/mol. The van der Waals surface area contributed by atoms with Crippen molar-refractivity contribution in [2.24, 2.45) is 7.05 Å². The van der Waals surface area contributed by atoms with E-state index in [1.54, 1.807) is 33.3 Å². The summed E-state index contributed by atoms with van der Waals surface area (Å²) in [5.74, 6) is -0.0579. The topological polar surface area (TPSA) is 51.0 Å². The fourth-order valence-electron chi connectivity index (χ4n) is 2.37. The van der Waals surface area contributed by atoms with E-state index in [1.807, 2.05) is 49.8 Å². The van der Waals surface area contributed by atoms with Gasteiger partial charge < -0.3 is 4.90 Å². The third kappa shape index (κ3) is 3.48. The predicted octanol–water partition coefficient (Wildman–Crippen LogP) is 2.86. The third-order valence-corrected chi connectivity index (χ3v) is 4.60. The van der Waals surface area contributed by atoms with E-state index in [0.29, 0.717) is 12.2 Å². The van der Waals surface area contributed by atoms with Gasteiger partial charge in [0.05, 0.1) is 10.6 Å². The molecule has 3 rings (SSSR count). The molecule has 0 spiro atoms. The van der Waals surface area contributed by atoms with Gasteiger partial charge in [0.25, 0.3) is 5.91 Å². The van der Waals surface area contributed by atoms with Crippen LogP contribution in [-0.2, 0) is 13.5 Å². The van der Waals surface area contributed by atoms with Gasteiger partial charge in [-0.15, -0.1) is 11.3 Å². The van der Waals surface area contributed by atoms with E-state index >= 15 is 0 Å². The molecule has 0 bridgehead atoms. The zero-order valence-corrected chi connectivity index (χ0v) is 14.0. The summed E-state index contributed by atoms with van der Waals surface area (Å²) < 4.78 is 1.76. The van der Waals surface area contributed by atoms with Gasteiger partial charge >= 0.3 is 0 Å². The van der Waals surface area contributed by atoms with Crippen LogP contribution in [0.15, 0.2) is 48.1 Å². The van der Waals surface area contributed by atoms with Crippen molar-refractivity contribution in [1.29, 1.82) is 0 Å². The number of likely N-dealkylation sites (N-methyl/N-ethyl adjacent to an activating group) is 1. The molecule has 0 atom stereocenters. The van der Waals surface area contributed by atoms with Crippen molar-refractivity contribution in [2.75, 3.05) is 13.6 Å². The first-order valence-electron chi connectivity index (χ1n) is 7.37. The zero-order valence-electron chi connectivity index (χ0n) is 13.1. The van der Waals surface area contributed by atoms with Gasteiger partial charge in [-0.05, 0) is 41.6 Å². The van der Waals surface area contributed by atoms with Crippen LogP contribution >= 0.6 is 11.3 Å². The smallest absolute Gasteiger partial charge is 0.274 e. The molecule has 0 aliphatic rings. The Morgan fingerprint density at radius 2 is 2.09 bits per heavy atom. The average molecular weight is 326 g/mol. The quantitative estimate of drug-likeness (QED) is 0.724. The van der Waals surface area contributed by atoms with E-state index in [4.69, 9.17) is 0 Å². The molecular formula is C17H18N4OS. The molecule has 0 N–H and O–H groups in total. The second kappa shape index (κ2) is 6.75. The van der Waals surface area contributed by atoms with E-state index in [2.05, 4.69) is 10.1 Å². The van der Waals surface area contributed by atoms with Crippen molar-refractivity contribution in [3.05, 3.63) is 59.4 Å². The minimum Gasteiger partial charge on any atom is -0.340 e. The summed E-state index contributed by atoms with van der Waals surface area (Å²) in [5.41, 5.74) is 2.61. The lowest BCUT2D eigenvalue weighted by Gasteiger charge is -2.15. The number of amides is 1. The minimum atomic E-state index is -0.0579. The van der Waals surface area contributed by atoms with Crippen LogP contribution in [-0.4, -0.2) is 39.2 Å². The number of pyridine rings is 1. The average Bonchev–Trinajstić information content (AvgIpc) is 3.22. The standard InChI is InChI=1S/C17H18N4OS/c1-20(10-7-13-5-8-18-9-6-13)17(22)14-12-15(21(2)19-14)16-4-3-11-23-16/h3-6,8-9,11-12H,7,10H2,1-2H3. The van der Waals surface area contributed by atoms with Gasteiger partial charge in [0, 0.05) is 33.0 Å². The van der Waals surface area contributed by atoms with E-state index < -0.39 is 0 Å². The molecule has 1 amide bonds. The molecule has 118 valence electrons. The van der Waals surface area contributed by atoms with Crippen molar-refractivity contribution in [3.8, 4) is 10.6 Å². The molecule has 0 aliphatic carbocycles. The summed E-state index contributed by atoms with van der Waals surface area (Å²) in [6, 6.07) is 9.82. The zero-order chi connectivity index (χ0) is 16.2. The highest BCUT2D eigenvalue weighted by Gasteiger charge is 2.17. The van der Waals surface area contributed by atoms with Gasteiger partial charge in [-0.25, -0.2) is 0 Å². The molecule has 0 fully saturated rings. The number of rotatable bonds is 5. The number of hydrogen-bond acceptors (Lipinski definition) is 4. The number of thiophene rings is 1. The van der Waals surface area contributed by atoms with Crippen molar-refractivity contribution in [2.45, 2.75) is 6.42 Å². The third-order valence-electron chi connectivity index (χ3n) is 3.70. The van der Waals surface area contributed by atoms with Crippen LogP contribution in [0.3, 0.4) is 0 Å². The number of aryl methyl sites for hydroxylation is 1. The highest BCUT2D eigenvalue weighted by molar-refractivity contribution is 7.13. The number of hydrogen-bond donors (Lipinski definition) is 0. The normalized spacial score (nSPS) is 10.7. The molecule has 23 heavy (non-hydrogen) atoms. The molecule has 5 nitrogen and oxygen atoms in total. The highest BCUT2D eigenvalue weighted by Crippen LogP contribution is 2.25. The summed E-state index contributed by atoms with van der Waals surface area (Å²) in [7, 11) is 3.67. The van der Waals surface area contributed by atoms with Gasteiger partial charge in [-0.2, -0.15) is 5.10 Å². The van der Waals surface area contributed by atoms with Crippen LogP contribution in [0.5, 0.6) is 0 Å². The Hall–Kier alpha value is -2.47. The largest absolute Gasteiger partial charge is 0.340 e. The summed E-state index contributed by atoms with van der Waals surface area (Å²) in [5, 5.41) is 6.38. The molecule has 0 unspecified atom stereocenters. The molecule has 0 aromatic carbocycles. The first kappa shape index (κ1) is 15.4. The fourth-order valence-corrected chi connectivity index (χ4v) is 3.14. The molecule has 6 heteroatoms. The summed E-state index contributed by atoms with van der Waals surface area (Å²) in [4.78, 5) is 19.4. The number of carbonyl (C=O) groups excluding carboxylic acids is 1. The van der Waals surface area contributed by atoms with Crippen molar-refractivity contribution in [1.82, 2.24) is 19.7 Å². The van der Waals surface area contributed by atoms with Gasteiger partial charge in [0.2, 0.25) is 0 Å². The predicted molar refractivity (Wildman–Crippen MR) is 91.4 cm³/mol. The minimum absolute atomic E-state index is 0.0579. The van der Waals surface area contributed by atoms with Crippen LogP contribution in [0, 0.1) is 0 Å². The lowest BCUT2D eigenvalue weighted by Crippen LogP contribution is -2.29. The van der Waals surface area contributed by atoms with Crippen molar-refractivity contribution < 1.29 is 4.79 Å². The Balaban J connectivity index is 1.69. The van der Waals surface area contributed by atoms with Gasteiger partial charge in [-0.1, -0.05) is 6.07 Å². The molecule has 0 radical (unpaired) electrons. The molecule has 3 heterocycles. The van der Waals surface area contributed by atoms with Crippen LogP contribution in [0.1, 0.15) is 16.1 Å². The fraction of sp³-hybridized carbons (Fsp3) is 0.235. The van der Waals surface area contributed by atoms with Crippen LogP contribution < -0.4 is 0 Å². The van der Waals surface area contributed by atoms with E-state index in [9.17, 15) is 4.79 Å². The highest BCUT2D eigenvalue weighted by atomic mass is 32.1. The molecule has 3 aromatic heterocycles. The van der Waals surface area contributed by atoms with Gasteiger partial charge in [-0.3, -0.25) is 14.5 Å². The maximum atomic E-state index is 12.5. The van der Waals surface area contributed by atoms with Crippen LogP contribution in [0.4, 0.5) is 0 Å². The Morgan fingerprint density at radius 3 is 2.78 bits per heavy atom. The summed E-state index contributed by atoms with van der Waals surface area (Å²) in [6.07, 6.45) is 4.34. The van der Waals surface area contributed by atoms with E-state index in [1.165, 1.54) is 5.56 Å². The lowest BCUT2D eigenvalue weighted by atomic mass is 10.2. The second-order valence-electron chi connectivity index (χ2n) is 5.35. The van der Waals surface area contributed by atoms with Crippen LogP contribution in [0.2, 0.25) is 0 Å². The molecule has 3 aromatic rings. The van der Waals surface area contributed by atoms with E-state index in [-0.39, 0.29) is 5.91 Å². The number of carbonyl (C=O) groups is 1. The first-order valence-corrected chi connectivity index (χ1v) is 8.25. The Bertz CT molecular complexity index is 780. The van der Waals surface area contributed by atoms with Gasteiger partial charge in [0.1, 0.15) is 0 Å². The molecule has 0 saturated heterocycles. The monoisotopic (exact) mass is 326 g/mol. The number of nitrogens with zero attached hydrogens (tertiary/aromatic N) is 4. The van der Waals surface area contributed by atoms with Crippen LogP contribution in [0.25, 0.3) is 10.6 Å². The maximum Gasteiger partial charge on any atom is 0.274 e. The Morgan fingerprint density at radius 1 is 1.30 bits per heavy atom. The lowest BCUT2D eigenvalue weighted by molar-refractivity contribution is 0.0790. The SMILES string of the molecule is CN(CCc1ccncc1)C(=O)c1cc(-c2cccs2)n(C)n1. The van der Waals surface area contributed by atoms with Crippen molar-refractivity contribution in [3.63, 3.8) is 0 Å². The Labute approximate surface area is 139 Å². The first-order chi connectivity index (χ1) is 11.1. The maximum absolute atomic E-state index is 12.5. The summed E-state index contributed by atoms with van der Waals surface area (Å²) in [6.45, 7) is 0.647. The summed E-state index contributed by atoms with van der Waals surface area (Å²) >= 11 is 1.64. The van der Waals surface area contributed by atoms with Gasteiger partial charge in [0.15, 0.2) is 5.69 Å². The molecule has 0 aliphatic heterocycles. The van der Waals surface area contributed by atoms with E-state index in [0.717, 1.165) is 17.0 Å². The number of aromatic nitrogens is 3. The molecule has 0 saturated carbocycles. The van der Waals surface area contributed by atoms with Crippen molar-refractivity contribution >= 4 is 17.2 Å². The Kier molecular flexibility index (Phi) is 4.52. The second-order valence-corrected chi connectivity index (χ2v) is 6.30.